The molecule has 7 nitrogen and oxygen atoms in total. The van der Waals surface area contributed by atoms with Crippen molar-refractivity contribution in [2.24, 2.45) is 4.99 Å². The molecule has 128 valence electrons. The van der Waals surface area contributed by atoms with Gasteiger partial charge in [-0.15, -0.1) is 0 Å². The number of nitrogens with zero attached hydrogens (tertiary/aromatic N) is 1. The number of rotatable bonds is 4. The average Bonchev–Trinajstić information content (AvgIpc) is 3.17. The first-order chi connectivity index (χ1) is 12.0. The number of methoxy groups -OCH3 is 2. The zero-order valence-corrected chi connectivity index (χ0v) is 13.9. The number of cyclic esters (lactones) is 1. The Hall–Kier alpha value is -3.35. The topological polar surface area (TPSA) is 87.3 Å². The van der Waals surface area contributed by atoms with E-state index in [2.05, 4.69) is 9.73 Å². The van der Waals surface area contributed by atoms with Gasteiger partial charge in [0.15, 0.2) is 5.70 Å². The van der Waals surface area contributed by atoms with Gasteiger partial charge in [-0.1, -0.05) is 6.07 Å². The summed E-state index contributed by atoms with van der Waals surface area (Å²) in [7, 11) is 2.83. The number of aliphatic imine (C=N–C) groups is 1. The lowest BCUT2D eigenvalue weighted by Gasteiger charge is -2.02. The van der Waals surface area contributed by atoms with Crippen LogP contribution in [0.25, 0.3) is 6.08 Å². The SMILES string of the molecule is COC(=O)c1cc(/C=C2\N=C(c3cccc(OC)c3)OC2=O)oc1C. The fourth-order valence-electron chi connectivity index (χ4n) is 2.31. The average molecular weight is 341 g/mol. The van der Waals surface area contributed by atoms with Gasteiger partial charge in [-0.2, -0.15) is 0 Å². The van der Waals surface area contributed by atoms with Crippen LogP contribution >= 0.6 is 0 Å². The Bertz CT molecular complexity index is 906. The van der Waals surface area contributed by atoms with Gasteiger partial charge in [-0.3, -0.25) is 0 Å². The first kappa shape index (κ1) is 16.5. The maximum Gasteiger partial charge on any atom is 0.363 e. The van der Waals surface area contributed by atoms with Crippen molar-refractivity contribution in [2.75, 3.05) is 14.2 Å². The van der Waals surface area contributed by atoms with Crippen molar-refractivity contribution in [2.45, 2.75) is 6.92 Å². The van der Waals surface area contributed by atoms with Crippen LogP contribution in [0.2, 0.25) is 0 Å². The molecule has 0 spiro atoms. The van der Waals surface area contributed by atoms with Gasteiger partial charge < -0.3 is 18.6 Å². The maximum atomic E-state index is 12.0. The third-order valence-corrected chi connectivity index (χ3v) is 3.56. The van der Waals surface area contributed by atoms with Crippen molar-refractivity contribution >= 4 is 23.9 Å². The van der Waals surface area contributed by atoms with Crippen molar-refractivity contribution in [1.29, 1.82) is 0 Å². The van der Waals surface area contributed by atoms with E-state index in [9.17, 15) is 9.59 Å². The van der Waals surface area contributed by atoms with E-state index in [0.717, 1.165) is 0 Å². The predicted octanol–water partition coefficient (Wildman–Crippen LogP) is 2.73. The molecule has 1 aliphatic rings. The number of esters is 2. The molecule has 0 atom stereocenters. The molecule has 1 aromatic carbocycles. The van der Waals surface area contributed by atoms with E-state index < -0.39 is 11.9 Å². The van der Waals surface area contributed by atoms with E-state index in [1.54, 1.807) is 38.3 Å². The number of hydrogen-bond donors (Lipinski definition) is 0. The molecule has 0 aliphatic carbocycles. The number of carbonyl (C=O) groups is 2. The van der Waals surface area contributed by atoms with E-state index in [1.165, 1.54) is 19.3 Å². The van der Waals surface area contributed by atoms with Gasteiger partial charge in [0.2, 0.25) is 5.90 Å². The van der Waals surface area contributed by atoms with Gasteiger partial charge in [-0.05, 0) is 31.2 Å². The summed E-state index contributed by atoms with van der Waals surface area (Å²) in [5.41, 5.74) is 0.975. The summed E-state index contributed by atoms with van der Waals surface area (Å²) in [4.78, 5) is 27.8. The van der Waals surface area contributed by atoms with Gasteiger partial charge in [0.1, 0.15) is 22.8 Å². The van der Waals surface area contributed by atoms with Crippen molar-refractivity contribution in [3.63, 3.8) is 0 Å². The summed E-state index contributed by atoms with van der Waals surface area (Å²) in [6.45, 7) is 1.63. The second kappa shape index (κ2) is 6.64. The Balaban J connectivity index is 1.92. The highest BCUT2D eigenvalue weighted by Crippen LogP contribution is 2.23. The Labute approximate surface area is 143 Å². The molecule has 2 heterocycles. The minimum absolute atomic E-state index is 0.0722. The molecule has 25 heavy (non-hydrogen) atoms. The summed E-state index contributed by atoms with van der Waals surface area (Å²) >= 11 is 0. The maximum absolute atomic E-state index is 12.0. The third kappa shape index (κ3) is 3.30. The number of carbonyl (C=O) groups excluding carboxylic acids is 2. The number of aryl methyl sites for hydroxylation is 1. The van der Waals surface area contributed by atoms with Crippen LogP contribution in [-0.2, 0) is 14.3 Å². The van der Waals surface area contributed by atoms with Crippen LogP contribution in [0.5, 0.6) is 5.75 Å². The number of ether oxygens (including phenoxy) is 3. The lowest BCUT2D eigenvalue weighted by molar-refractivity contribution is -0.129. The smallest absolute Gasteiger partial charge is 0.363 e. The standard InChI is InChI=1S/C18H15NO6/c1-10-14(17(20)23-3)8-13(24-10)9-15-18(21)25-16(19-15)11-5-4-6-12(7-11)22-2/h4-9H,1-3H3/b15-9-. The van der Waals surface area contributed by atoms with Gasteiger partial charge >= 0.3 is 11.9 Å². The number of hydrogen-bond acceptors (Lipinski definition) is 7. The summed E-state index contributed by atoms with van der Waals surface area (Å²) in [6, 6.07) is 8.49. The van der Waals surface area contributed by atoms with Gasteiger partial charge in [0, 0.05) is 11.6 Å². The zero-order valence-electron chi connectivity index (χ0n) is 13.9. The number of benzene rings is 1. The Kier molecular flexibility index (Phi) is 4.38. The molecule has 0 radical (unpaired) electrons. The Morgan fingerprint density at radius 3 is 2.76 bits per heavy atom. The van der Waals surface area contributed by atoms with Crippen LogP contribution < -0.4 is 4.74 Å². The summed E-state index contributed by atoms with van der Waals surface area (Å²) in [6.07, 6.45) is 1.41. The highest BCUT2D eigenvalue weighted by Gasteiger charge is 2.25. The van der Waals surface area contributed by atoms with Crippen molar-refractivity contribution in [3.8, 4) is 5.75 Å². The second-order valence-corrected chi connectivity index (χ2v) is 5.18. The molecule has 1 aromatic heterocycles. The third-order valence-electron chi connectivity index (χ3n) is 3.56. The van der Waals surface area contributed by atoms with E-state index >= 15 is 0 Å². The molecule has 0 bridgehead atoms. The fraction of sp³-hybridized carbons (Fsp3) is 0.167. The van der Waals surface area contributed by atoms with E-state index in [4.69, 9.17) is 13.9 Å². The Morgan fingerprint density at radius 1 is 1.24 bits per heavy atom. The normalized spacial score (nSPS) is 15.1. The molecule has 0 saturated carbocycles. The highest BCUT2D eigenvalue weighted by molar-refractivity contribution is 6.12. The van der Waals surface area contributed by atoms with Gasteiger partial charge in [0.05, 0.1) is 14.2 Å². The predicted molar refractivity (Wildman–Crippen MR) is 88.4 cm³/mol. The lowest BCUT2D eigenvalue weighted by atomic mass is 10.2. The molecule has 2 aromatic rings. The Morgan fingerprint density at radius 2 is 2.04 bits per heavy atom. The van der Waals surface area contributed by atoms with Gasteiger partial charge in [-0.25, -0.2) is 14.6 Å². The fourth-order valence-corrected chi connectivity index (χ4v) is 2.31. The van der Waals surface area contributed by atoms with Crippen LogP contribution in [0, 0.1) is 6.92 Å². The van der Waals surface area contributed by atoms with E-state index in [0.29, 0.717) is 22.8 Å². The van der Waals surface area contributed by atoms with Crippen LogP contribution in [0.3, 0.4) is 0 Å². The molecule has 0 fully saturated rings. The van der Waals surface area contributed by atoms with E-state index in [1.807, 2.05) is 0 Å². The molecule has 7 heteroatoms. The van der Waals surface area contributed by atoms with Gasteiger partial charge in [0.25, 0.3) is 0 Å². The van der Waals surface area contributed by atoms with Crippen molar-refractivity contribution in [3.05, 3.63) is 58.7 Å². The first-order valence-electron chi connectivity index (χ1n) is 7.37. The minimum atomic E-state index is -0.605. The summed E-state index contributed by atoms with van der Waals surface area (Å²) in [5, 5.41) is 0. The lowest BCUT2D eigenvalue weighted by Crippen LogP contribution is -2.05. The molecule has 3 rings (SSSR count). The van der Waals surface area contributed by atoms with Crippen molar-refractivity contribution in [1.82, 2.24) is 0 Å². The van der Waals surface area contributed by atoms with Crippen LogP contribution in [-0.4, -0.2) is 32.1 Å². The molecule has 0 N–H and O–H groups in total. The largest absolute Gasteiger partial charge is 0.497 e. The quantitative estimate of drug-likeness (QED) is 0.628. The molecule has 1 aliphatic heterocycles. The molecule has 0 amide bonds. The van der Waals surface area contributed by atoms with Crippen LogP contribution in [0.1, 0.15) is 27.4 Å². The molecular formula is C18H15NO6. The highest BCUT2D eigenvalue weighted by atomic mass is 16.6. The van der Waals surface area contributed by atoms with Crippen molar-refractivity contribution < 1.29 is 28.2 Å². The van der Waals surface area contributed by atoms with E-state index in [-0.39, 0.29) is 17.2 Å². The zero-order chi connectivity index (χ0) is 18.0. The van der Waals surface area contributed by atoms with Crippen LogP contribution in [0.15, 0.2) is 45.4 Å². The molecular weight excluding hydrogens is 326 g/mol. The number of furan rings is 1. The molecule has 0 saturated heterocycles. The molecule has 0 unspecified atom stereocenters. The van der Waals surface area contributed by atoms with Crippen LogP contribution in [0.4, 0.5) is 0 Å². The first-order valence-corrected chi connectivity index (χ1v) is 7.37. The second-order valence-electron chi connectivity index (χ2n) is 5.18. The summed E-state index contributed by atoms with van der Waals surface area (Å²) < 4.78 is 20.5. The monoisotopic (exact) mass is 341 g/mol. The minimum Gasteiger partial charge on any atom is -0.497 e. The summed E-state index contributed by atoms with van der Waals surface area (Å²) in [5.74, 6) is 0.374.